The van der Waals surface area contributed by atoms with Crippen LogP contribution in [0.2, 0.25) is 9.88 Å². The number of hydrogen-bond donors (Lipinski definition) is 1. The van der Waals surface area contributed by atoms with E-state index in [1.54, 1.807) is 0 Å². The summed E-state index contributed by atoms with van der Waals surface area (Å²) in [6.45, 7) is 1.25. The van der Waals surface area contributed by atoms with Gasteiger partial charge in [0, 0.05) is 0 Å². The van der Waals surface area contributed by atoms with Crippen LogP contribution in [0.5, 0.6) is 0 Å². The van der Waals surface area contributed by atoms with Gasteiger partial charge in [0.2, 0.25) is 0 Å². The van der Waals surface area contributed by atoms with Gasteiger partial charge in [-0.1, -0.05) is 0 Å². The summed E-state index contributed by atoms with van der Waals surface area (Å²) < 4.78 is 5.52. The Kier molecular flexibility index (Phi) is 8.38. The van der Waals surface area contributed by atoms with Crippen LogP contribution < -0.4 is 0 Å². The fourth-order valence-electron chi connectivity index (χ4n) is 0.710. The second-order valence-electron chi connectivity index (χ2n) is 2.70. The van der Waals surface area contributed by atoms with Crippen molar-refractivity contribution in [1.29, 1.82) is 0 Å². The minimum atomic E-state index is -1.36. The second-order valence-corrected chi connectivity index (χ2v) is 9.64. The number of hydrogen-bond acceptors (Lipinski definition) is 2. The molecule has 0 aromatic heterocycles. The molecule has 3 heteroatoms. The summed E-state index contributed by atoms with van der Waals surface area (Å²) in [5.41, 5.74) is 0. The Morgan fingerprint density at radius 1 is 1.20 bits per heavy atom. The molecule has 0 amide bonds. The maximum absolute atomic E-state index is 8.45. The molecular weight excluding hydrogens is 235 g/mol. The Bertz CT molecular complexity index is 66.6. The summed E-state index contributed by atoms with van der Waals surface area (Å²) in [4.78, 5) is 4.49. The van der Waals surface area contributed by atoms with Gasteiger partial charge in [-0.2, -0.15) is 0 Å². The first kappa shape index (κ1) is 10.7. The predicted octanol–water partition coefficient (Wildman–Crippen LogP) is 1.15. The van der Waals surface area contributed by atoms with Crippen LogP contribution in [0.25, 0.3) is 0 Å². The SMILES string of the molecule is [CH3][SnH]([CH3])[O]CCCCCO. The van der Waals surface area contributed by atoms with E-state index in [4.69, 9.17) is 8.18 Å². The molecule has 0 aromatic rings. The van der Waals surface area contributed by atoms with Crippen LogP contribution in [-0.4, -0.2) is 38.5 Å². The van der Waals surface area contributed by atoms with Crippen LogP contribution in [0.15, 0.2) is 0 Å². The zero-order valence-electron chi connectivity index (χ0n) is 6.97. The first-order valence-corrected chi connectivity index (χ1v) is 11.9. The molecule has 0 bridgehead atoms. The monoisotopic (exact) mass is 254 g/mol. The quantitative estimate of drug-likeness (QED) is 0.568. The number of unbranched alkanes of at least 4 members (excludes halogenated alkanes) is 2. The second kappa shape index (κ2) is 7.82. The first-order chi connectivity index (χ1) is 4.77. The van der Waals surface area contributed by atoms with E-state index in [0.717, 1.165) is 25.9 Å². The fourth-order valence-corrected chi connectivity index (χ4v) is 2.53. The van der Waals surface area contributed by atoms with E-state index in [2.05, 4.69) is 9.88 Å². The van der Waals surface area contributed by atoms with Gasteiger partial charge in [0.1, 0.15) is 0 Å². The van der Waals surface area contributed by atoms with Gasteiger partial charge in [-0.3, -0.25) is 0 Å². The van der Waals surface area contributed by atoms with Crippen molar-refractivity contribution >= 4 is 20.2 Å². The molecule has 62 valence electrons. The van der Waals surface area contributed by atoms with E-state index < -0.39 is 20.2 Å². The first-order valence-electron chi connectivity index (χ1n) is 4.00. The van der Waals surface area contributed by atoms with Crippen molar-refractivity contribution in [1.82, 2.24) is 0 Å². The predicted molar refractivity (Wildman–Crippen MR) is 45.8 cm³/mol. The zero-order valence-corrected chi connectivity index (χ0v) is 10.3. The number of aliphatic hydroxyl groups is 1. The Labute approximate surface area is 70.9 Å². The van der Waals surface area contributed by atoms with Crippen LogP contribution in [0, 0.1) is 0 Å². The van der Waals surface area contributed by atoms with Gasteiger partial charge in [0.15, 0.2) is 0 Å². The normalized spacial score (nSPS) is 10.8. The maximum atomic E-state index is 8.45. The molecule has 0 saturated carbocycles. The Hall–Kier alpha value is 0.719. The average Bonchev–Trinajstić information content (AvgIpc) is 1.87. The molecule has 10 heavy (non-hydrogen) atoms. The molecule has 0 radical (unpaired) electrons. The van der Waals surface area contributed by atoms with Crippen molar-refractivity contribution in [3.63, 3.8) is 0 Å². The van der Waals surface area contributed by atoms with Crippen molar-refractivity contribution in [2.24, 2.45) is 0 Å². The van der Waals surface area contributed by atoms with E-state index in [0.29, 0.717) is 6.61 Å². The third-order valence-corrected chi connectivity index (χ3v) is 3.83. The molecule has 0 heterocycles. The van der Waals surface area contributed by atoms with Gasteiger partial charge in [-0.05, 0) is 0 Å². The van der Waals surface area contributed by atoms with Crippen molar-refractivity contribution in [2.45, 2.75) is 29.1 Å². The van der Waals surface area contributed by atoms with Crippen molar-refractivity contribution in [3.8, 4) is 0 Å². The van der Waals surface area contributed by atoms with Crippen LogP contribution in [0.3, 0.4) is 0 Å². The molecule has 1 N–H and O–H groups in total. The molecule has 0 aliphatic heterocycles. The van der Waals surface area contributed by atoms with Crippen LogP contribution in [-0.2, 0) is 3.07 Å². The van der Waals surface area contributed by atoms with E-state index >= 15 is 0 Å². The topological polar surface area (TPSA) is 29.5 Å². The molecule has 0 rings (SSSR count). The molecule has 2 nitrogen and oxygen atoms in total. The Morgan fingerprint density at radius 3 is 2.40 bits per heavy atom. The summed E-state index contributed by atoms with van der Waals surface area (Å²) in [5.74, 6) is 0. The van der Waals surface area contributed by atoms with Gasteiger partial charge in [0.25, 0.3) is 0 Å². The van der Waals surface area contributed by atoms with Crippen LogP contribution in [0.1, 0.15) is 19.3 Å². The van der Waals surface area contributed by atoms with E-state index in [1.807, 2.05) is 0 Å². The van der Waals surface area contributed by atoms with E-state index in [9.17, 15) is 0 Å². The minimum absolute atomic E-state index is 0.324. The van der Waals surface area contributed by atoms with Gasteiger partial charge >= 0.3 is 70.7 Å². The Morgan fingerprint density at radius 2 is 1.90 bits per heavy atom. The number of rotatable bonds is 6. The molecule has 0 fully saturated rings. The Balaban J connectivity index is 2.77. The van der Waals surface area contributed by atoms with Gasteiger partial charge in [0.05, 0.1) is 0 Å². The summed E-state index contributed by atoms with van der Waals surface area (Å²) in [7, 11) is 0. The van der Waals surface area contributed by atoms with Gasteiger partial charge < -0.3 is 0 Å². The van der Waals surface area contributed by atoms with Crippen molar-refractivity contribution in [2.75, 3.05) is 13.2 Å². The van der Waals surface area contributed by atoms with E-state index in [1.165, 1.54) is 0 Å². The van der Waals surface area contributed by atoms with Gasteiger partial charge in [-0.15, -0.1) is 0 Å². The summed E-state index contributed by atoms with van der Waals surface area (Å²) in [5, 5.41) is 8.45. The average molecular weight is 253 g/mol. The molecule has 0 spiro atoms. The fraction of sp³-hybridized carbons (Fsp3) is 1.00. The molecule has 0 aromatic carbocycles. The van der Waals surface area contributed by atoms with E-state index in [-0.39, 0.29) is 0 Å². The third-order valence-electron chi connectivity index (χ3n) is 1.25. The standard InChI is InChI=1S/C5H11O2.2CH3.Sn.H/c6-4-2-1-3-5-7;;;;/h6H,1-5H2;2*1H3;;/q-1;;;+1;. The molecule has 0 aliphatic rings. The van der Waals surface area contributed by atoms with Crippen LogP contribution >= 0.6 is 0 Å². The molecule has 0 atom stereocenters. The zero-order chi connectivity index (χ0) is 7.82. The molecule has 0 unspecified atom stereocenters. The van der Waals surface area contributed by atoms with Gasteiger partial charge in [-0.25, -0.2) is 0 Å². The van der Waals surface area contributed by atoms with Crippen molar-refractivity contribution in [3.05, 3.63) is 0 Å². The summed E-state index contributed by atoms with van der Waals surface area (Å²) in [6, 6.07) is 0. The molecular formula is C7H18O2Sn. The number of aliphatic hydroxyl groups excluding tert-OH is 1. The molecule has 0 aliphatic carbocycles. The summed E-state index contributed by atoms with van der Waals surface area (Å²) in [6.07, 6.45) is 3.15. The molecule has 0 saturated heterocycles. The van der Waals surface area contributed by atoms with Crippen LogP contribution in [0.4, 0.5) is 0 Å². The third kappa shape index (κ3) is 8.72. The summed E-state index contributed by atoms with van der Waals surface area (Å²) >= 11 is -1.36. The van der Waals surface area contributed by atoms with Crippen molar-refractivity contribution < 1.29 is 8.18 Å².